The van der Waals surface area contributed by atoms with Crippen molar-refractivity contribution in [1.82, 2.24) is 20.4 Å². The summed E-state index contributed by atoms with van der Waals surface area (Å²) in [6.07, 6.45) is 0.428. The van der Waals surface area contributed by atoms with Crippen molar-refractivity contribution in [3.05, 3.63) is 71.8 Å². The largest absolute Gasteiger partial charge is 0.379 e. The third-order valence-corrected chi connectivity index (χ3v) is 8.22. The van der Waals surface area contributed by atoms with E-state index in [9.17, 15) is 0 Å². The van der Waals surface area contributed by atoms with Gasteiger partial charge in [-0.2, -0.15) is 0 Å². The van der Waals surface area contributed by atoms with E-state index in [0.717, 1.165) is 72.2 Å². The number of rotatable bonds is 5. The van der Waals surface area contributed by atoms with E-state index in [0.29, 0.717) is 17.6 Å². The number of ether oxygens (including phenoxy) is 2. The molecule has 4 heterocycles. The standard InChI is InChI=1S/C21H26N2O.C8H16N2O/c1-21(23-12-14-24-15-13-23)16-22(17-21)20(18-8-4-2-5-9-18)19-10-6-3-7-11-19;1-8(5-10-6-8)7-4-9-2-3-11-7/h2-11,20H,12-17H2,1H3;7,9-10H,2-6H2,1H3. The van der Waals surface area contributed by atoms with Crippen LogP contribution in [0.2, 0.25) is 0 Å². The summed E-state index contributed by atoms with van der Waals surface area (Å²) in [5.74, 6) is 0. The molecule has 0 aliphatic carbocycles. The summed E-state index contributed by atoms with van der Waals surface area (Å²) >= 11 is 0. The molecule has 190 valence electrons. The average Bonchev–Trinajstić information content (AvgIpc) is 2.89. The van der Waals surface area contributed by atoms with Crippen LogP contribution in [0, 0.1) is 5.41 Å². The van der Waals surface area contributed by atoms with Crippen LogP contribution in [0.5, 0.6) is 0 Å². The van der Waals surface area contributed by atoms with E-state index in [1.807, 2.05) is 0 Å². The van der Waals surface area contributed by atoms with E-state index in [4.69, 9.17) is 9.47 Å². The Labute approximate surface area is 211 Å². The van der Waals surface area contributed by atoms with Crippen LogP contribution in [0.4, 0.5) is 0 Å². The van der Waals surface area contributed by atoms with E-state index in [-0.39, 0.29) is 5.54 Å². The maximum atomic E-state index is 5.68. The van der Waals surface area contributed by atoms with Gasteiger partial charge in [0.1, 0.15) is 0 Å². The van der Waals surface area contributed by atoms with Crippen LogP contribution >= 0.6 is 0 Å². The van der Waals surface area contributed by atoms with Crippen molar-refractivity contribution in [2.24, 2.45) is 5.41 Å². The van der Waals surface area contributed by atoms with E-state index < -0.39 is 0 Å². The first kappa shape index (κ1) is 24.9. The lowest BCUT2D eigenvalue weighted by molar-refractivity contribution is -0.0946. The first-order valence-corrected chi connectivity index (χ1v) is 13.3. The topological polar surface area (TPSA) is 49.0 Å². The monoisotopic (exact) mass is 478 g/mol. The lowest BCUT2D eigenvalue weighted by Crippen LogP contribution is -2.70. The van der Waals surface area contributed by atoms with Gasteiger partial charge in [0.05, 0.1) is 32.0 Å². The Hall–Kier alpha value is -1.80. The molecule has 6 nitrogen and oxygen atoms in total. The second kappa shape index (κ2) is 11.1. The Balaban J connectivity index is 0.000000192. The smallest absolute Gasteiger partial charge is 0.0777 e. The van der Waals surface area contributed by atoms with Gasteiger partial charge >= 0.3 is 0 Å². The molecule has 0 amide bonds. The second-order valence-corrected chi connectivity index (χ2v) is 11.0. The van der Waals surface area contributed by atoms with Crippen molar-refractivity contribution < 1.29 is 9.47 Å². The normalized spacial score (nSPS) is 26.2. The van der Waals surface area contributed by atoms with Gasteiger partial charge in [-0.3, -0.25) is 9.80 Å². The molecule has 1 atom stereocenters. The molecular weight excluding hydrogens is 436 g/mol. The number of nitrogens with one attached hydrogen (secondary N) is 2. The predicted octanol–water partition coefficient (Wildman–Crippen LogP) is 2.77. The Bertz CT molecular complexity index is 863. The molecule has 2 aromatic rings. The summed E-state index contributed by atoms with van der Waals surface area (Å²) in [5.41, 5.74) is 3.44. The fourth-order valence-corrected chi connectivity index (χ4v) is 5.96. The van der Waals surface area contributed by atoms with Crippen molar-refractivity contribution >= 4 is 0 Å². The van der Waals surface area contributed by atoms with Gasteiger partial charge in [-0.15, -0.1) is 0 Å². The van der Waals surface area contributed by atoms with Crippen molar-refractivity contribution in [3.63, 3.8) is 0 Å². The van der Waals surface area contributed by atoms with Gasteiger partial charge in [0.2, 0.25) is 0 Å². The van der Waals surface area contributed by atoms with Crippen molar-refractivity contribution in [1.29, 1.82) is 0 Å². The van der Waals surface area contributed by atoms with Crippen molar-refractivity contribution in [2.75, 3.05) is 72.2 Å². The molecule has 4 aliphatic rings. The summed E-state index contributed by atoms with van der Waals surface area (Å²) in [5, 5.41) is 6.65. The molecule has 35 heavy (non-hydrogen) atoms. The summed E-state index contributed by atoms with van der Waals surface area (Å²) in [6.45, 7) is 15.9. The molecule has 4 aliphatic heterocycles. The zero-order chi connectivity index (χ0) is 24.1. The zero-order valence-electron chi connectivity index (χ0n) is 21.4. The van der Waals surface area contributed by atoms with Crippen LogP contribution in [-0.2, 0) is 9.47 Å². The number of likely N-dealkylation sites (tertiary alicyclic amines) is 1. The highest BCUT2D eigenvalue weighted by atomic mass is 16.5. The van der Waals surface area contributed by atoms with Crippen LogP contribution in [-0.4, -0.2) is 93.6 Å². The first-order chi connectivity index (χ1) is 17.1. The summed E-state index contributed by atoms with van der Waals surface area (Å²) in [4.78, 5) is 5.22. The lowest BCUT2D eigenvalue weighted by Gasteiger charge is -2.57. The Morgan fingerprint density at radius 2 is 1.43 bits per heavy atom. The Morgan fingerprint density at radius 1 is 0.829 bits per heavy atom. The zero-order valence-corrected chi connectivity index (χ0v) is 21.4. The number of nitrogens with zero attached hydrogens (tertiary/aromatic N) is 2. The van der Waals surface area contributed by atoms with E-state index in [2.05, 4.69) is 94.9 Å². The minimum Gasteiger partial charge on any atom is -0.379 e. The van der Waals surface area contributed by atoms with Crippen LogP contribution in [0.3, 0.4) is 0 Å². The second-order valence-electron chi connectivity index (χ2n) is 11.0. The van der Waals surface area contributed by atoms with Crippen LogP contribution in [0.1, 0.15) is 31.0 Å². The maximum absolute atomic E-state index is 5.68. The summed E-state index contributed by atoms with van der Waals surface area (Å²) in [7, 11) is 0. The highest BCUT2D eigenvalue weighted by Gasteiger charge is 2.46. The molecule has 0 bridgehead atoms. The van der Waals surface area contributed by atoms with Crippen LogP contribution in [0.15, 0.2) is 60.7 Å². The quantitative estimate of drug-likeness (QED) is 0.689. The molecular formula is C29H42N4O2. The third-order valence-electron chi connectivity index (χ3n) is 8.22. The van der Waals surface area contributed by atoms with Crippen molar-refractivity contribution in [2.45, 2.75) is 31.5 Å². The van der Waals surface area contributed by atoms with Crippen LogP contribution in [0.25, 0.3) is 0 Å². The minimum atomic E-state index is 0.283. The fourth-order valence-electron chi connectivity index (χ4n) is 5.96. The van der Waals surface area contributed by atoms with E-state index in [1.165, 1.54) is 11.1 Å². The molecule has 4 saturated heterocycles. The predicted molar refractivity (Wildman–Crippen MR) is 141 cm³/mol. The third kappa shape index (κ3) is 5.63. The van der Waals surface area contributed by atoms with E-state index in [1.54, 1.807) is 0 Å². The first-order valence-electron chi connectivity index (χ1n) is 13.3. The maximum Gasteiger partial charge on any atom is 0.0777 e. The van der Waals surface area contributed by atoms with Gasteiger partial charge in [0.25, 0.3) is 0 Å². The molecule has 4 fully saturated rings. The Morgan fingerprint density at radius 3 is 1.91 bits per heavy atom. The van der Waals surface area contributed by atoms with E-state index >= 15 is 0 Å². The highest BCUT2D eigenvalue weighted by molar-refractivity contribution is 5.33. The number of hydrogen-bond acceptors (Lipinski definition) is 6. The van der Waals surface area contributed by atoms with Crippen molar-refractivity contribution in [3.8, 4) is 0 Å². The van der Waals surface area contributed by atoms with Gasteiger partial charge in [0.15, 0.2) is 0 Å². The molecule has 0 aromatic heterocycles. The molecule has 2 aromatic carbocycles. The summed E-state index contributed by atoms with van der Waals surface area (Å²) < 4.78 is 11.2. The molecule has 6 rings (SSSR count). The number of morpholine rings is 2. The van der Waals surface area contributed by atoms with Crippen LogP contribution < -0.4 is 10.6 Å². The number of hydrogen-bond donors (Lipinski definition) is 2. The summed E-state index contributed by atoms with van der Waals surface area (Å²) in [6, 6.07) is 22.1. The fraction of sp³-hybridized carbons (Fsp3) is 0.586. The SMILES string of the molecule is CC1(C2CNCCO2)CNC1.CC1(N2CCOCC2)CN(C(c2ccccc2)c2ccccc2)C1. The molecule has 0 spiro atoms. The van der Waals surface area contributed by atoms with Gasteiger partial charge < -0.3 is 20.1 Å². The molecule has 6 heteroatoms. The molecule has 0 radical (unpaired) electrons. The molecule has 2 N–H and O–H groups in total. The molecule has 1 unspecified atom stereocenters. The number of benzene rings is 2. The van der Waals surface area contributed by atoms with Gasteiger partial charge in [-0.05, 0) is 18.1 Å². The lowest BCUT2D eigenvalue weighted by atomic mass is 9.78. The Kier molecular flexibility index (Phi) is 7.87. The van der Waals surface area contributed by atoms with Gasteiger partial charge in [-0.25, -0.2) is 0 Å². The minimum absolute atomic E-state index is 0.283. The average molecular weight is 479 g/mol. The highest BCUT2D eigenvalue weighted by Crippen LogP contribution is 2.38. The van der Waals surface area contributed by atoms with Gasteiger partial charge in [-0.1, -0.05) is 67.6 Å². The van der Waals surface area contributed by atoms with Gasteiger partial charge in [0, 0.05) is 63.3 Å². The molecule has 0 saturated carbocycles.